The van der Waals surface area contributed by atoms with Crippen LogP contribution in [0.15, 0.2) is 24.3 Å². The molecule has 1 aromatic rings. The van der Waals surface area contributed by atoms with Crippen molar-refractivity contribution in [3.63, 3.8) is 0 Å². The number of benzene rings is 1. The van der Waals surface area contributed by atoms with Crippen molar-refractivity contribution in [2.75, 3.05) is 0 Å². The molecule has 0 spiro atoms. The molecule has 0 heterocycles. The van der Waals surface area contributed by atoms with E-state index in [9.17, 15) is 4.79 Å². The monoisotopic (exact) mass is 304 g/mol. The summed E-state index contributed by atoms with van der Waals surface area (Å²) in [6.45, 7) is 5.46. The smallest absolute Gasteiger partial charge is 0.239 e. The third-order valence-electron chi connectivity index (χ3n) is 2.81. The van der Waals surface area contributed by atoms with E-state index in [1.807, 2.05) is 31.2 Å². The minimum atomic E-state index is -0.840. The van der Waals surface area contributed by atoms with Gasteiger partial charge < -0.3 is 11.1 Å². The maximum atomic E-state index is 11.8. The van der Waals surface area contributed by atoms with Crippen LogP contribution in [0.4, 0.5) is 0 Å². The molecule has 3 nitrogen and oxygen atoms in total. The second-order valence-corrected chi connectivity index (χ2v) is 5.57. The van der Waals surface area contributed by atoms with Crippen molar-refractivity contribution >= 4 is 29.9 Å². The molecule has 5 heteroatoms. The Morgan fingerprint density at radius 1 is 1.37 bits per heavy atom. The van der Waals surface area contributed by atoms with Crippen LogP contribution >= 0.6 is 24.0 Å². The average Bonchev–Trinajstić information content (AvgIpc) is 2.29. The number of nitrogens with one attached hydrogen (secondary N) is 1. The van der Waals surface area contributed by atoms with Gasteiger partial charge in [-0.3, -0.25) is 4.79 Å². The van der Waals surface area contributed by atoms with Gasteiger partial charge >= 0.3 is 0 Å². The Hall–Kier alpha value is -0.770. The first-order chi connectivity index (χ1) is 8.32. The van der Waals surface area contributed by atoms with E-state index < -0.39 is 5.54 Å². The lowest BCUT2D eigenvalue weighted by Crippen LogP contribution is -2.52. The number of halogens is 2. The molecule has 1 atom stereocenters. The first-order valence-corrected chi connectivity index (χ1v) is 6.55. The van der Waals surface area contributed by atoms with Crippen LogP contribution in [0.25, 0.3) is 0 Å². The summed E-state index contributed by atoms with van der Waals surface area (Å²) in [6.07, 6.45) is 1.65. The van der Waals surface area contributed by atoms with E-state index in [4.69, 9.17) is 17.3 Å². The predicted octanol–water partition coefficient (Wildman–Crippen LogP) is 2.94. The predicted molar refractivity (Wildman–Crippen MR) is 82.9 cm³/mol. The van der Waals surface area contributed by atoms with Crippen LogP contribution in [-0.2, 0) is 11.2 Å². The zero-order chi connectivity index (χ0) is 13.8. The quantitative estimate of drug-likeness (QED) is 0.879. The normalized spacial score (nSPS) is 12.5. The molecule has 0 aliphatic carbocycles. The molecule has 1 rings (SSSR count). The van der Waals surface area contributed by atoms with Gasteiger partial charge in [-0.1, -0.05) is 30.7 Å². The van der Waals surface area contributed by atoms with Crippen molar-refractivity contribution in [3.8, 4) is 0 Å². The van der Waals surface area contributed by atoms with E-state index in [1.165, 1.54) is 0 Å². The molecule has 1 aromatic carbocycles. The fourth-order valence-corrected chi connectivity index (χ4v) is 1.70. The van der Waals surface area contributed by atoms with Crippen molar-refractivity contribution in [3.05, 3.63) is 34.9 Å². The van der Waals surface area contributed by atoms with Crippen LogP contribution < -0.4 is 11.1 Å². The van der Waals surface area contributed by atoms with Crippen LogP contribution in [0.3, 0.4) is 0 Å². The molecule has 0 fully saturated rings. The van der Waals surface area contributed by atoms with E-state index in [2.05, 4.69) is 5.32 Å². The zero-order valence-corrected chi connectivity index (χ0v) is 13.1. The first-order valence-electron chi connectivity index (χ1n) is 6.17. The summed E-state index contributed by atoms with van der Waals surface area (Å²) in [6, 6.07) is 7.77. The van der Waals surface area contributed by atoms with Gasteiger partial charge in [0.25, 0.3) is 0 Å². The van der Waals surface area contributed by atoms with Crippen molar-refractivity contribution in [1.82, 2.24) is 5.32 Å². The molecule has 0 bridgehead atoms. The second kappa shape index (κ2) is 7.73. The Labute approximate surface area is 126 Å². The largest absolute Gasteiger partial charge is 0.351 e. The molecule has 3 N–H and O–H groups in total. The molecule has 0 aliphatic heterocycles. The number of carbonyl (C=O) groups is 1. The highest BCUT2D eigenvalue weighted by atomic mass is 35.5. The molecule has 19 heavy (non-hydrogen) atoms. The van der Waals surface area contributed by atoms with E-state index in [0.29, 0.717) is 0 Å². The van der Waals surface area contributed by atoms with Crippen LogP contribution in [-0.4, -0.2) is 17.5 Å². The second-order valence-electron chi connectivity index (χ2n) is 5.13. The summed E-state index contributed by atoms with van der Waals surface area (Å²) < 4.78 is 0. The van der Waals surface area contributed by atoms with Gasteiger partial charge in [0.1, 0.15) is 0 Å². The van der Waals surface area contributed by atoms with Crippen LogP contribution in [0.1, 0.15) is 32.8 Å². The highest BCUT2D eigenvalue weighted by molar-refractivity contribution is 6.30. The van der Waals surface area contributed by atoms with Crippen molar-refractivity contribution in [1.29, 1.82) is 0 Å². The lowest BCUT2D eigenvalue weighted by atomic mass is 10.0. The fraction of sp³-hybridized carbons (Fsp3) is 0.500. The van der Waals surface area contributed by atoms with Gasteiger partial charge in [0, 0.05) is 11.1 Å². The standard InChI is InChI=1S/C14H21ClN2O.ClH/c1-4-12(17-13(18)14(2,3)16)9-10-5-7-11(15)8-6-10;/h5-8,12H,4,9,16H2,1-3H3,(H,17,18);1H. The highest BCUT2D eigenvalue weighted by Crippen LogP contribution is 2.12. The highest BCUT2D eigenvalue weighted by Gasteiger charge is 2.23. The average molecular weight is 305 g/mol. The molecule has 0 saturated carbocycles. The topological polar surface area (TPSA) is 55.1 Å². The Morgan fingerprint density at radius 3 is 2.32 bits per heavy atom. The molecular weight excluding hydrogens is 283 g/mol. The Bertz CT molecular complexity index is 399. The molecule has 0 radical (unpaired) electrons. The van der Waals surface area contributed by atoms with E-state index in [-0.39, 0.29) is 24.4 Å². The van der Waals surface area contributed by atoms with Crippen molar-refractivity contribution in [2.24, 2.45) is 5.73 Å². The van der Waals surface area contributed by atoms with E-state index in [0.717, 1.165) is 23.4 Å². The number of amides is 1. The number of rotatable bonds is 5. The van der Waals surface area contributed by atoms with Gasteiger partial charge in [-0.25, -0.2) is 0 Å². The Balaban J connectivity index is 0.00000324. The lowest BCUT2D eigenvalue weighted by Gasteiger charge is -2.23. The summed E-state index contributed by atoms with van der Waals surface area (Å²) in [7, 11) is 0. The molecular formula is C14H22Cl2N2O. The molecule has 1 amide bonds. The maximum Gasteiger partial charge on any atom is 0.239 e. The van der Waals surface area contributed by atoms with Gasteiger partial charge in [0.05, 0.1) is 5.54 Å². The summed E-state index contributed by atoms with van der Waals surface area (Å²) in [4.78, 5) is 11.8. The summed E-state index contributed by atoms with van der Waals surface area (Å²) >= 11 is 5.84. The third-order valence-corrected chi connectivity index (χ3v) is 3.06. The van der Waals surface area contributed by atoms with Crippen LogP contribution in [0, 0.1) is 0 Å². The van der Waals surface area contributed by atoms with E-state index >= 15 is 0 Å². The molecule has 108 valence electrons. The maximum absolute atomic E-state index is 11.8. The van der Waals surface area contributed by atoms with Crippen LogP contribution in [0.2, 0.25) is 5.02 Å². The Morgan fingerprint density at radius 2 is 1.89 bits per heavy atom. The third kappa shape index (κ3) is 6.28. The first kappa shape index (κ1) is 18.2. The van der Waals surface area contributed by atoms with Crippen molar-refractivity contribution in [2.45, 2.75) is 45.2 Å². The number of carbonyl (C=O) groups excluding carboxylic acids is 1. The SMILES string of the molecule is CCC(Cc1ccc(Cl)cc1)NC(=O)C(C)(C)N.Cl. The van der Waals surface area contributed by atoms with Crippen molar-refractivity contribution < 1.29 is 4.79 Å². The molecule has 0 aliphatic rings. The number of hydrogen-bond donors (Lipinski definition) is 2. The van der Waals surface area contributed by atoms with Gasteiger partial charge in [0.15, 0.2) is 0 Å². The molecule has 1 unspecified atom stereocenters. The van der Waals surface area contributed by atoms with Crippen LogP contribution in [0.5, 0.6) is 0 Å². The summed E-state index contributed by atoms with van der Waals surface area (Å²) in [5.41, 5.74) is 6.08. The van der Waals surface area contributed by atoms with Gasteiger partial charge in [-0.05, 0) is 44.4 Å². The van der Waals surface area contributed by atoms with Gasteiger partial charge in [0.2, 0.25) is 5.91 Å². The van der Waals surface area contributed by atoms with Gasteiger partial charge in [-0.15, -0.1) is 12.4 Å². The van der Waals surface area contributed by atoms with Gasteiger partial charge in [-0.2, -0.15) is 0 Å². The minimum absolute atomic E-state index is 0. The molecule has 0 aromatic heterocycles. The Kier molecular flexibility index (Phi) is 7.42. The minimum Gasteiger partial charge on any atom is -0.351 e. The molecule has 0 saturated heterocycles. The van der Waals surface area contributed by atoms with E-state index in [1.54, 1.807) is 13.8 Å². The zero-order valence-electron chi connectivity index (χ0n) is 11.6. The fourth-order valence-electron chi connectivity index (χ4n) is 1.57. The lowest BCUT2D eigenvalue weighted by molar-refractivity contribution is -0.125. The summed E-state index contributed by atoms with van der Waals surface area (Å²) in [5.74, 6) is -0.122. The summed E-state index contributed by atoms with van der Waals surface area (Å²) in [5, 5.41) is 3.69. The number of hydrogen-bond acceptors (Lipinski definition) is 2. The number of nitrogens with two attached hydrogens (primary N) is 1.